The molecule has 0 saturated heterocycles. The molecular formula is C23H26ClN3O5. The molecule has 4 aliphatic carbocycles. The SMILES string of the molecule is COc1ccc(Nc2cnn(C34CC5CC(CC(C(=O)O)(C5)C3)C4)c(=O)c2Cl)c(OC)c1. The van der Waals surface area contributed by atoms with E-state index in [2.05, 4.69) is 10.4 Å². The molecule has 4 saturated carbocycles. The molecule has 9 heteroatoms. The molecule has 1 aromatic carbocycles. The minimum Gasteiger partial charge on any atom is -0.497 e. The van der Waals surface area contributed by atoms with E-state index in [1.54, 1.807) is 38.6 Å². The van der Waals surface area contributed by atoms with Crippen molar-refractivity contribution in [2.75, 3.05) is 19.5 Å². The molecule has 0 aliphatic heterocycles. The van der Waals surface area contributed by atoms with Crippen LogP contribution in [0.5, 0.6) is 11.5 Å². The second-order valence-electron chi connectivity index (χ2n) is 9.55. The average molecular weight is 460 g/mol. The Morgan fingerprint density at radius 1 is 1.19 bits per heavy atom. The van der Waals surface area contributed by atoms with Gasteiger partial charge in [-0.1, -0.05) is 11.6 Å². The standard InChI is InChI=1S/C23H26ClN3O5/c1-31-15-3-4-16(18(6-15)32-2)26-17-11-25-27(20(28)19(17)24)23-9-13-5-14(10-23)8-22(7-13,12-23)21(29)30/h3-4,6,11,13-14,26H,5,7-10,12H2,1-2H3,(H,29,30). The summed E-state index contributed by atoms with van der Waals surface area (Å²) in [6, 6.07) is 5.27. The van der Waals surface area contributed by atoms with Gasteiger partial charge in [0.15, 0.2) is 0 Å². The van der Waals surface area contributed by atoms with E-state index in [9.17, 15) is 14.7 Å². The lowest BCUT2D eigenvalue weighted by molar-refractivity contribution is -0.173. The summed E-state index contributed by atoms with van der Waals surface area (Å²) in [5.41, 5.74) is -0.751. The van der Waals surface area contributed by atoms with Crippen LogP contribution in [0.1, 0.15) is 38.5 Å². The van der Waals surface area contributed by atoms with E-state index in [0.29, 0.717) is 54.0 Å². The number of carboxylic acids is 1. The molecular weight excluding hydrogens is 434 g/mol. The predicted octanol–water partition coefficient (Wildman–Crippen LogP) is 4.04. The zero-order chi connectivity index (χ0) is 22.7. The van der Waals surface area contributed by atoms with Crippen molar-refractivity contribution in [3.63, 3.8) is 0 Å². The monoisotopic (exact) mass is 459 g/mol. The van der Waals surface area contributed by atoms with E-state index in [1.165, 1.54) is 4.68 Å². The summed E-state index contributed by atoms with van der Waals surface area (Å²) in [6.45, 7) is 0. The number of benzene rings is 1. The maximum absolute atomic E-state index is 13.4. The van der Waals surface area contributed by atoms with Crippen molar-refractivity contribution in [1.82, 2.24) is 9.78 Å². The molecule has 4 bridgehead atoms. The van der Waals surface area contributed by atoms with Crippen molar-refractivity contribution in [2.45, 2.75) is 44.1 Å². The number of methoxy groups -OCH3 is 2. The van der Waals surface area contributed by atoms with Gasteiger partial charge in [0.1, 0.15) is 16.5 Å². The second kappa shape index (κ2) is 7.40. The number of aliphatic carboxylic acids is 1. The van der Waals surface area contributed by atoms with Crippen LogP contribution in [-0.2, 0) is 10.3 Å². The van der Waals surface area contributed by atoms with Crippen LogP contribution >= 0.6 is 11.6 Å². The Labute approximate surface area is 190 Å². The summed E-state index contributed by atoms with van der Waals surface area (Å²) < 4.78 is 12.1. The van der Waals surface area contributed by atoms with Crippen molar-refractivity contribution < 1.29 is 19.4 Å². The van der Waals surface area contributed by atoms with Crippen LogP contribution in [0.15, 0.2) is 29.2 Å². The molecule has 32 heavy (non-hydrogen) atoms. The van der Waals surface area contributed by atoms with Crippen LogP contribution in [0, 0.1) is 17.3 Å². The second-order valence-corrected chi connectivity index (χ2v) is 9.93. The molecule has 0 amide bonds. The zero-order valence-corrected chi connectivity index (χ0v) is 18.8. The first kappa shape index (κ1) is 21.1. The fourth-order valence-electron chi connectivity index (χ4n) is 6.62. The number of aromatic nitrogens is 2. The van der Waals surface area contributed by atoms with Crippen LogP contribution in [0.4, 0.5) is 11.4 Å². The third kappa shape index (κ3) is 3.15. The Bertz CT molecular complexity index is 1130. The van der Waals surface area contributed by atoms with Crippen molar-refractivity contribution in [1.29, 1.82) is 0 Å². The fraction of sp³-hybridized carbons (Fsp3) is 0.522. The summed E-state index contributed by atoms with van der Waals surface area (Å²) in [6.07, 6.45) is 5.96. The number of rotatable bonds is 6. The number of nitrogens with zero attached hydrogens (tertiary/aromatic N) is 2. The lowest BCUT2D eigenvalue weighted by Gasteiger charge is -2.60. The third-order valence-electron chi connectivity index (χ3n) is 7.53. The van der Waals surface area contributed by atoms with E-state index in [0.717, 1.165) is 19.3 Å². The number of hydrogen-bond acceptors (Lipinski definition) is 6. The third-order valence-corrected chi connectivity index (χ3v) is 7.90. The first-order valence-electron chi connectivity index (χ1n) is 10.8. The molecule has 1 heterocycles. The molecule has 2 atom stereocenters. The van der Waals surface area contributed by atoms with Gasteiger partial charge in [-0.05, 0) is 62.5 Å². The minimum absolute atomic E-state index is 0.0259. The van der Waals surface area contributed by atoms with Gasteiger partial charge in [-0.25, -0.2) is 4.68 Å². The van der Waals surface area contributed by atoms with Crippen molar-refractivity contribution in [3.8, 4) is 11.5 Å². The quantitative estimate of drug-likeness (QED) is 0.672. The van der Waals surface area contributed by atoms with E-state index in [1.807, 2.05) is 0 Å². The Morgan fingerprint density at radius 2 is 1.91 bits per heavy atom. The number of ether oxygens (including phenoxy) is 2. The largest absolute Gasteiger partial charge is 0.497 e. The average Bonchev–Trinajstić information content (AvgIpc) is 2.76. The lowest BCUT2D eigenvalue weighted by Crippen LogP contribution is -2.61. The summed E-state index contributed by atoms with van der Waals surface area (Å²) in [7, 11) is 3.12. The molecule has 0 radical (unpaired) electrons. The number of halogens is 1. The molecule has 2 N–H and O–H groups in total. The maximum Gasteiger partial charge on any atom is 0.309 e. The lowest BCUT2D eigenvalue weighted by atomic mass is 9.47. The highest BCUT2D eigenvalue weighted by Crippen LogP contribution is 2.64. The number of anilines is 2. The van der Waals surface area contributed by atoms with E-state index >= 15 is 0 Å². The molecule has 170 valence electrons. The van der Waals surface area contributed by atoms with Gasteiger partial charge in [0.05, 0.1) is 42.7 Å². The van der Waals surface area contributed by atoms with Crippen molar-refractivity contribution in [2.24, 2.45) is 17.3 Å². The smallest absolute Gasteiger partial charge is 0.309 e. The first-order chi connectivity index (χ1) is 15.3. The van der Waals surface area contributed by atoms with E-state index in [-0.39, 0.29) is 5.02 Å². The predicted molar refractivity (Wildman–Crippen MR) is 119 cm³/mol. The summed E-state index contributed by atoms with van der Waals surface area (Å²) >= 11 is 6.52. The number of hydrogen-bond donors (Lipinski definition) is 2. The Balaban J connectivity index is 1.50. The molecule has 6 rings (SSSR count). The number of nitrogens with one attached hydrogen (secondary N) is 1. The molecule has 2 aromatic rings. The van der Waals surface area contributed by atoms with Crippen molar-refractivity contribution >= 4 is 28.9 Å². The highest BCUT2D eigenvalue weighted by atomic mass is 35.5. The minimum atomic E-state index is -0.759. The van der Waals surface area contributed by atoms with Gasteiger partial charge in [0.2, 0.25) is 0 Å². The van der Waals surface area contributed by atoms with Crippen LogP contribution in [0.3, 0.4) is 0 Å². The van der Waals surface area contributed by atoms with Gasteiger partial charge in [-0.15, -0.1) is 0 Å². The summed E-state index contributed by atoms with van der Waals surface area (Å²) in [5.74, 6) is 1.04. The Kier molecular flexibility index (Phi) is 4.89. The fourth-order valence-corrected chi connectivity index (χ4v) is 6.79. The van der Waals surface area contributed by atoms with Gasteiger partial charge in [-0.2, -0.15) is 5.10 Å². The normalized spacial score (nSPS) is 30.2. The zero-order valence-electron chi connectivity index (χ0n) is 18.1. The molecule has 8 nitrogen and oxygen atoms in total. The molecule has 1 aromatic heterocycles. The first-order valence-corrected chi connectivity index (χ1v) is 11.2. The highest BCUT2D eigenvalue weighted by molar-refractivity contribution is 6.33. The van der Waals surface area contributed by atoms with E-state index in [4.69, 9.17) is 21.1 Å². The number of carboxylic acid groups (broad SMARTS) is 1. The Hall–Kier alpha value is -2.74. The molecule has 4 aliphatic rings. The molecule has 0 spiro atoms. The van der Waals surface area contributed by atoms with E-state index < -0.39 is 22.5 Å². The van der Waals surface area contributed by atoms with Gasteiger partial charge < -0.3 is 19.9 Å². The van der Waals surface area contributed by atoms with Crippen LogP contribution in [0.2, 0.25) is 5.02 Å². The molecule has 2 unspecified atom stereocenters. The summed E-state index contributed by atoms with van der Waals surface area (Å²) in [4.78, 5) is 25.5. The topological polar surface area (TPSA) is 103 Å². The number of carbonyl (C=O) groups is 1. The van der Waals surface area contributed by atoms with Crippen molar-refractivity contribution in [3.05, 3.63) is 39.8 Å². The van der Waals surface area contributed by atoms with Gasteiger partial charge in [0.25, 0.3) is 5.56 Å². The summed E-state index contributed by atoms with van der Waals surface area (Å²) in [5, 5.41) is 17.7. The van der Waals surface area contributed by atoms with Gasteiger partial charge in [0, 0.05) is 6.07 Å². The van der Waals surface area contributed by atoms with Gasteiger partial charge in [-0.3, -0.25) is 9.59 Å². The highest BCUT2D eigenvalue weighted by Gasteiger charge is 2.62. The van der Waals surface area contributed by atoms with Crippen LogP contribution < -0.4 is 20.3 Å². The maximum atomic E-state index is 13.4. The van der Waals surface area contributed by atoms with Gasteiger partial charge >= 0.3 is 5.97 Å². The van der Waals surface area contributed by atoms with Crippen LogP contribution in [0.25, 0.3) is 0 Å². The molecule has 4 fully saturated rings. The Morgan fingerprint density at radius 3 is 2.53 bits per heavy atom. The van der Waals surface area contributed by atoms with Crippen LogP contribution in [-0.4, -0.2) is 35.1 Å².